The molecule has 6 heteroatoms. The molecule has 1 aliphatic heterocycles. The van der Waals surface area contributed by atoms with E-state index in [1.807, 2.05) is 6.26 Å². The Morgan fingerprint density at radius 3 is 3.00 bits per heavy atom. The van der Waals surface area contributed by atoms with Gasteiger partial charge in [-0.15, -0.1) is 0 Å². The molecule has 0 spiro atoms. The van der Waals surface area contributed by atoms with Crippen molar-refractivity contribution in [2.24, 2.45) is 0 Å². The van der Waals surface area contributed by atoms with E-state index in [-0.39, 0.29) is 5.91 Å². The van der Waals surface area contributed by atoms with E-state index in [0.717, 1.165) is 0 Å². The molecule has 0 saturated carbocycles. The normalized spacial score (nSPS) is 14.9. The number of aryl methyl sites for hydroxylation is 1. The second-order valence-corrected chi connectivity index (χ2v) is 3.85. The molecule has 1 aromatic heterocycles. The average molecular weight is 225 g/mol. The number of nitrogens with zero attached hydrogens (tertiary/aromatic N) is 2. The predicted octanol–water partition coefficient (Wildman–Crippen LogP) is 0.629. The number of nitrogens with one attached hydrogen (secondary N) is 1. The number of carbonyl (C=O) groups is 1. The van der Waals surface area contributed by atoms with Crippen LogP contribution in [0.5, 0.6) is 5.88 Å². The minimum absolute atomic E-state index is 0.160. The van der Waals surface area contributed by atoms with Gasteiger partial charge in [-0.05, 0) is 13.2 Å². The Morgan fingerprint density at radius 1 is 1.47 bits per heavy atom. The third-order valence-corrected chi connectivity index (χ3v) is 2.62. The summed E-state index contributed by atoms with van der Waals surface area (Å²) >= 11 is 1.43. The van der Waals surface area contributed by atoms with Crippen molar-refractivity contribution in [3.8, 4) is 5.88 Å². The van der Waals surface area contributed by atoms with E-state index in [4.69, 9.17) is 4.74 Å². The van der Waals surface area contributed by atoms with Gasteiger partial charge < -0.3 is 10.1 Å². The van der Waals surface area contributed by atoms with Crippen LogP contribution in [-0.4, -0.2) is 35.3 Å². The fourth-order valence-corrected chi connectivity index (χ4v) is 1.78. The van der Waals surface area contributed by atoms with Crippen LogP contribution in [0.25, 0.3) is 0 Å². The molecule has 0 radical (unpaired) electrons. The molecule has 1 amide bonds. The van der Waals surface area contributed by atoms with Gasteiger partial charge in [0, 0.05) is 0 Å². The summed E-state index contributed by atoms with van der Waals surface area (Å²) in [5.41, 5.74) is 1.11. The van der Waals surface area contributed by atoms with E-state index >= 15 is 0 Å². The zero-order chi connectivity index (χ0) is 10.8. The van der Waals surface area contributed by atoms with Crippen LogP contribution in [0.1, 0.15) is 16.1 Å². The minimum atomic E-state index is -0.160. The zero-order valence-corrected chi connectivity index (χ0v) is 9.35. The van der Waals surface area contributed by atoms with Crippen LogP contribution in [0.2, 0.25) is 0 Å². The summed E-state index contributed by atoms with van der Waals surface area (Å²) in [6, 6.07) is 0. The Morgan fingerprint density at radius 2 is 2.27 bits per heavy atom. The number of rotatable bonds is 1. The summed E-state index contributed by atoms with van der Waals surface area (Å²) in [5.74, 6) is 0.231. The highest BCUT2D eigenvalue weighted by atomic mass is 32.2. The van der Waals surface area contributed by atoms with Gasteiger partial charge in [-0.1, -0.05) is 11.8 Å². The van der Waals surface area contributed by atoms with Gasteiger partial charge in [0.25, 0.3) is 5.91 Å². The van der Waals surface area contributed by atoms with Crippen molar-refractivity contribution in [2.75, 3.05) is 19.4 Å². The Hall–Kier alpha value is -1.30. The molecule has 0 unspecified atom stereocenters. The highest BCUT2D eigenvalue weighted by Crippen LogP contribution is 2.23. The predicted molar refractivity (Wildman–Crippen MR) is 56.4 cm³/mol. The lowest BCUT2D eigenvalue weighted by atomic mass is 10.2. The molecule has 0 bridgehead atoms. The van der Waals surface area contributed by atoms with Gasteiger partial charge in [0.2, 0.25) is 5.88 Å². The molecular formula is C9H11N3O2S. The van der Waals surface area contributed by atoms with E-state index in [1.165, 1.54) is 11.8 Å². The average Bonchev–Trinajstić information content (AvgIpc) is 2.40. The van der Waals surface area contributed by atoms with Crippen LogP contribution >= 0.6 is 11.8 Å². The summed E-state index contributed by atoms with van der Waals surface area (Å²) < 4.78 is 5.39. The number of hydrogen-bond donors (Lipinski definition) is 1. The molecule has 0 saturated heterocycles. The van der Waals surface area contributed by atoms with Crippen LogP contribution in [0, 0.1) is 6.92 Å². The lowest BCUT2D eigenvalue weighted by molar-refractivity contribution is 0.0956. The van der Waals surface area contributed by atoms with Gasteiger partial charge in [-0.2, -0.15) is 4.98 Å². The number of ether oxygens (including phenoxy) is 1. The molecule has 0 aromatic carbocycles. The summed E-state index contributed by atoms with van der Waals surface area (Å²) in [6.07, 6.45) is 1.89. The first-order valence-electron chi connectivity index (χ1n) is 4.56. The molecule has 1 N–H and O–H groups in total. The summed E-state index contributed by atoms with van der Waals surface area (Å²) in [4.78, 5) is 20.0. The molecular weight excluding hydrogens is 214 g/mol. The van der Waals surface area contributed by atoms with E-state index in [0.29, 0.717) is 35.4 Å². The molecule has 15 heavy (non-hydrogen) atoms. The van der Waals surface area contributed by atoms with Crippen molar-refractivity contribution >= 4 is 17.7 Å². The highest BCUT2D eigenvalue weighted by molar-refractivity contribution is 7.98. The fourth-order valence-electron chi connectivity index (χ4n) is 1.38. The Balaban J connectivity index is 2.54. The molecule has 1 aliphatic rings. The number of thioether (sulfide) groups is 1. The fraction of sp³-hybridized carbons (Fsp3) is 0.444. The van der Waals surface area contributed by atoms with Gasteiger partial charge in [-0.3, -0.25) is 4.79 Å². The lowest BCUT2D eigenvalue weighted by Crippen LogP contribution is -2.25. The summed E-state index contributed by atoms with van der Waals surface area (Å²) in [6.45, 7) is 2.74. The standard InChI is InChI=1S/C9H11N3O2S/c1-5-6-7(13)10-3-4-14-8(6)12-9(11-5)15-2/h3-4H2,1-2H3,(H,10,13). The van der Waals surface area contributed by atoms with Gasteiger partial charge in [0.15, 0.2) is 5.16 Å². The zero-order valence-electron chi connectivity index (χ0n) is 8.53. The SMILES string of the molecule is CSc1nc(C)c2c(n1)OCCNC2=O. The van der Waals surface area contributed by atoms with Crippen LogP contribution in [0.3, 0.4) is 0 Å². The third kappa shape index (κ3) is 1.90. The number of aromatic nitrogens is 2. The van der Waals surface area contributed by atoms with Crippen molar-refractivity contribution in [1.29, 1.82) is 0 Å². The Kier molecular flexibility index (Phi) is 2.77. The second kappa shape index (κ2) is 4.06. The highest BCUT2D eigenvalue weighted by Gasteiger charge is 2.21. The monoisotopic (exact) mass is 225 g/mol. The molecule has 2 heterocycles. The first-order valence-corrected chi connectivity index (χ1v) is 5.78. The van der Waals surface area contributed by atoms with Gasteiger partial charge in [0.1, 0.15) is 12.2 Å². The van der Waals surface area contributed by atoms with Gasteiger partial charge >= 0.3 is 0 Å². The van der Waals surface area contributed by atoms with E-state index < -0.39 is 0 Å². The first-order chi connectivity index (χ1) is 7.22. The maximum atomic E-state index is 11.6. The molecule has 80 valence electrons. The van der Waals surface area contributed by atoms with Crippen molar-refractivity contribution < 1.29 is 9.53 Å². The largest absolute Gasteiger partial charge is 0.475 e. The van der Waals surface area contributed by atoms with Gasteiger partial charge in [-0.25, -0.2) is 4.98 Å². The first kappa shape index (κ1) is 10.2. The molecule has 0 aliphatic carbocycles. The van der Waals surface area contributed by atoms with Crippen LogP contribution in [0.15, 0.2) is 5.16 Å². The number of hydrogen-bond acceptors (Lipinski definition) is 5. The van der Waals surface area contributed by atoms with Crippen molar-refractivity contribution in [3.63, 3.8) is 0 Å². The Bertz CT molecular complexity index is 409. The number of amides is 1. The smallest absolute Gasteiger partial charge is 0.258 e. The van der Waals surface area contributed by atoms with Crippen LogP contribution in [-0.2, 0) is 0 Å². The van der Waals surface area contributed by atoms with Crippen LogP contribution in [0.4, 0.5) is 0 Å². The third-order valence-electron chi connectivity index (χ3n) is 2.07. The summed E-state index contributed by atoms with van der Waals surface area (Å²) in [5, 5.41) is 3.35. The van der Waals surface area contributed by atoms with Crippen molar-refractivity contribution in [3.05, 3.63) is 11.3 Å². The molecule has 0 fully saturated rings. The quantitative estimate of drug-likeness (QED) is 0.561. The summed E-state index contributed by atoms with van der Waals surface area (Å²) in [7, 11) is 0. The molecule has 0 atom stereocenters. The molecule has 2 rings (SSSR count). The second-order valence-electron chi connectivity index (χ2n) is 3.08. The van der Waals surface area contributed by atoms with Crippen molar-refractivity contribution in [2.45, 2.75) is 12.1 Å². The van der Waals surface area contributed by atoms with Gasteiger partial charge in [0.05, 0.1) is 12.2 Å². The van der Waals surface area contributed by atoms with E-state index in [9.17, 15) is 4.79 Å². The van der Waals surface area contributed by atoms with Crippen LogP contribution < -0.4 is 10.1 Å². The number of fused-ring (bicyclic) bond motifs is 1. The topological polar surface area (TPSA) is 64.1 Å². The Labute approximate surface area is 91.6 Å². The minimum Gasteiger partial charge on any atom is -0.475 e. The van der Waals surface area contributed by atoms with E-state index in [2.05, 4.69) is 15.3 Å². The molecule has 5 nitrogen and oxygen atoms in total. The van der Waals surface area contributed by atoms with Crippen molar-refractivity contribution in [1.82, 2.24) is 15.3 Å². The lowest BCUT2D eigenvalue weighted by Gasteiger charge is -2.07. The number of carbonyl (C=O) groups excluding carboxylic acids is 1. The van der Waals surface area contributed by atoms with E-state index in [1.54, 1.807) is 6.92 Å². The maximum absolute atomic E-state index is 11.6. The molecule has 1 aromatic rings. The maximum Gasteiger partial charge on any atom is 0.258 e.